The van der Waals surface area contributed by atoms with E-state index in [1.165, 1.54) is 0 Å². The second kappa shape index (κ2) is 9.88. The Hall–Kier alpha value is -1.63. The fourth-order valence-corrected chi connectivity index (χ4v) is 4.16. The maximum absolute atomic E-state index is 13.0. The highest BCUT2D eigenvalue weighted by Crippen LogP contribution is 2.37. The highest BCUT2D eigenvalue weighted by atomic mass is 28.4. The van der Waals surface area contributed by atoms with Gasteiger partial charge in [0, 0.05) is 6.61 Å². The van der Waals surface area contributed by atoms with Crippen molar-refractivity contribution < 1.29 is 18.7 Å². The second-order valence-corrected chi connectivity index (χ2v) is 15.8. The number of nitrogens with zero attached hydrogens (tertiary/aromatic N) is 1. The average molecular weight is 448 g/mol. The first-order valence-electron chi connectivity index (χ1n) is 11.2. The van der Waals surface area contributed by atoms with Gasteiger partial charge in [-0.15, -0.1) is 0 Å². The standard InChI is InChI=1S/C25H41NO4Si/c1-19(17-29-31(8,9)25(5,6)7)15-16-22-26(23(27)30-24(2,3)4)21(18-28-22)20-13-11-10-12-14-20/h10-16,19,21-22H,17-18H2,1-9H3/b16-15+/t19-,21-,22+/m0/s1. The minimum Gasteiger partial charge on any atom is -0.444 e. The molecule has 0 bridgehead atoms. The molecule has 1 amide bonds. The Labute approximate surface area is 189 Å². The number of hydrogen-bond acceptors (Lipinski definition) is 4. The summed E-state index contributed by atoms with van der Waals surface area (Å²) < 4.78 is 18.1. The van der Waals surface area contributed by atoms with Crippen LogP contribution in [0.2, 0.25) is 18.1 Å². The van der Waals surface area contributed by atoms with E-state index in [0.29, 0.717) is 13.2 Å². The minimum atomic E-state index is -1.79. The van der Waals surface area contributed by atoms with Crippen molar-refractivity contribution in [1.82, 2.24) is 4.90 Å². The van der Waals surface area contributed by atoms with E-state index < -0.39 is 20.1 Å². The van der Waals surface area contributed by atoms with Crippen molar-refractivity contribution in [2.24, 2.45) is 5.92 Å². The number of ether oxygens (including phenoxy) is 2. The Balaban J connectivity index is 2.13. The molecule has 0 aromatic heterocycles. The summed E-state index contributed by atoms with van der Waals surface area (Å²) in [5.74, 6) is 0.217. The highest BCUT2D eigenvalue weighted by molar-refractivity contribution is 6.74. The molecule has 3 atom stereocenters. The third kappa shape index (κ3) is 7.19. The molecule has 0 N–H and O–H groups in total. The normalized spacial score (nSPS) is 21.5. The zero-order valence-electron chi connectivity index (χ0n) is 20.8. The molecule has 1 aromatic rings. The van der Waals surface area contributed by atoms with Gasteiger partial charge >= 0.3 is 6.09 Å². The van der Waals surface area contributed by atoms with Gasteiger partial charge in [0.1, 0.15) is 5.60 Å². The summed E-state index contributed by atoms with van der Waals surface area (Å²) in [6.07, 6.45) is 3.23. The summed E-state index contributed by atoms with van der Waals surface area (Å²) in [5, 5.41) is 0.182. The number of hydrogen-bond donors (Lipinski definition) is 0. The lowest BCUT2D eigenvalue weighted by atomic mass is 10.1. The number of carbonyl (C=O) groups is 1. The largest absolute Gasteiger partial charge is 0.444 e. The molecule has 0 saturated carbocycles. The minimum absolute atomic E-state index is 0.176. The molecule has 174 valence electrons. The van der Waals surface area contributed by atoms with Crippen LogP contribution in [0.3, 0.4) is 0 Å². The summed E-state index contributed by atoms with van der Waals surface area (Å²) in [7, 11) is -1.79. The lowest BCUT2D eigenvalue weighted by molar-refractivity contribution is 0.000807. The molecular formula is C25H41NO4Si. The van der Waals surface area contributed by atoms with Crippen LogP contribution in [0.25, 0.3) is 0 Å². The van der Waals surface area contributed by atoms with E-state index >= 15 is 0 Å². The fourth-order valence-electron chi connectivity index (χ4n) is 3.05. The molecule has 0 radical (unpaired) electrons. The van der Waals surface area contributed by atoms with Crippen LogP contribution in [-0.4, -0.2) is 44.4 Å². The van der Waals surface area contributed by atoms with Gasteiger partial charge in [0.15, 0.2) is 14.5 Å². The van der Waals surface area contributed by atoms with E-state index in [0.717, 1.165) is 5.56 Å². The van der Waals surface area contributed by atoms with Crippen LogP contribution in [0.5, 0.6) is 0 Å². The molecule has 1 aliphatic heterocycles. The van der Waals surface area contributed by atoms with Crippen molar-refractivity contribution >= 4 is 14.4 Å². The Kier molecular flexibility index (Phi) is 8.17. The first kappa shape index (κ1) is 25.6. The number of amides is 1. The zero-order chi connectivity index (χ0) is 23.4. The molecule has 1 heterocycles. The molecule has 31 heavy (non-hydrogen) atoms. The Bertz CT molecular complexity index is 749. The first-order chi connectivity index (χ1) is 14.2. The molecule has 1 aromatic carbocycles. The van der Waals surface area contributed by atoms with Gasteiger partial charge < -0.3 is 13.9 Å². The van der Waals surface area contributed by atoms with Crippen LogP contribution in [0, 0.1) is 5.92 Å². The molecule has 5 nitrogen and oxygen atoms in total. The summed E-state index contributed by atoms with van der Waals surface area (Å²) in [4.78, 5) is 14.7. The van der Waals surface area contributed by atoms with E-state index in [1.807, 2.05) is 57.2 Å². The van der Waals surface area contributed by atoms with Crippen molar-refractivity contribution in [3.63, 3.8) is 0 Å². The van der Waals surface area contributed by atoms with Gasteiger partial charge in [0.05, 0.1) is 12.6 Å². The van der Waals surface area contributed by atoms with Gasteiger partial charge in [-0.3, -0.25) is 4.90 Å². The van der Waals surface area contributed by atoms with E-state index in [-0.39, 0.29) is 23.1 Å². The van der Waals surface area contributed by atoms with Crippen LogP contribution in [0.1, 0.15) is 60.1 Å². The van der Waals surface area contributed by atoms with Gasteiger partial charge in [-0.25, -0.2) is 4.79 Å². The van der Waals surface area contributed by atoms with E-state index in [2.05, 4.69) is 46.9 Å². The van der Waals surface area contributed by atoms with Crippen LogP contribution >= 0.6 is 0 Å². The number of benzene rings is 1. The van der Waals surface area contributed by atoms with Gasteiger partial charge in [0.2, 0.25) is 0 Å². The quantitative estimate of drug-likeness (QED) is 0.367. The molecule has 0 spiro atoms. The Morgan fingerprint density at radius 2 is 1.81 bits per heavy atom. The fraction of sp³-hybridized carbons (Fsp3) is 0.640. The second-order valence-electron chi connectivity index (χ2n) is 11.0. The van der Waals surface area contributed by atoms with Crippen LogP contribution in [-0.2, 0) is 13.9 Å². The Morgan fingerprint density at radius 1 is 1.19 bits per heavy atom. The Morgan fingerprint density at radius 3 is 2.35 bits per heavy atom. The van der Waals surface area contributed by atoms with Crippen molar-refractivity contribution in [3.8, 4) is 0 Å². The van der Waals surface area contributed by atoms with Gasteiger partial charge in [0.25, 0.3) is 0 Å². The molecule has 1 aliphatic rings. The lowest BCUT2D eigenvalue weighted by Crippen LogP contribution is -2.42. The monoisotopic (exact) mass is 447 g/mol. The van der Waals surface area contributed by atoms with Gasteiger partial charge in [-0.2, -0.15) is 0 Å². The van der Waals surface area contributed by atoms with Crippen LogP contribution < -0.4 is 0 Å². The molecule has 6 heteroatoms. The third-order valence-electron chi connectivity index (χ3n) is 5.94. The maximum atomic E-state index is 13.0. The van der Waals surface area contributed by atoms with Crippen molar-refractivity contribution in [3.05, 3.63) is 48.0 Å². The lowest BCUT2D eigenvalue weighted by Gasteiger charge is -2.36. The average Bonchev–Trinajstić information content (AvgIpc) is 3.07. The first-order valence-corrected chi connectivity index (χ1v) is 14.1. The molecule has 0 unspecified atom stereocenters. The van der Waals surface area contributed by atoms with Crippen LogP contribution in [0.15, 0.2) is 42.5 Å². The smallest absolute Gasteiger partial charge is 0.413 e. The predicted octanol–water partition coefficient (Wildman–Crippen LogP) is 6.54. The molecule has 1 saturated heterocycles. The van der Waals surface area contributed by atoms with Gasteiger partial charge in [-0.05, 0) is 56.5 Å². The maximum Gasteiger partial charge on any atom is 0.413 e. The molecule has 1 fully saturated rings. The van der Waals surface area contributed by atoms with Crippen molar-refractivity contribution in [2.75, 3.05) is 13.2 Å². The predicted molar refractivity (Wildman–Crippen MR) is 128 cm³/mol. The topological polar surface area (TPSA) is 48.0 Å². The molecule has 0 aliphatic carbocycles. The van der Waals surface area contributed by atoms with Crippen molar-refractivity contribution in [1.29, 1.82) is 0 Å². The van der Waals surface area contributed by atoms with Crippen LogP contribution in [0.4, 0.5) is 4.79 Å². The summed E-state index contributed by atoms with van der Waals surface area (Å²) in [5.41, 5.74) is 0.470. The summed E-state index contributed by atoms with van der Waals surface area (Å²) >= 11 is 0. The van der Waals surface area contributed by atoms with E-state index in [9.17, 15) is 4.79 Å². The zero-order valence-corrected chi connectivity index (χ0v) is 21.8. The summed E-state index contributed by atoms with van der Waals surface area (Å²) in [6, 6.07) is 9.79. The number of carbonyl (C=O) groups excluding carboxylic acids is 1. The van der Waals surface area contributed by atoms with E-state index in [1.54, 1.807) is 4.90 Å². The number of rotatable bonds is 6. The summed E-state index contributed by atoms with van der Waals surface area (Å²) in [6.45, 7) is 20.1. The highest BCUT2D eigenvalue weighted by Gasteiger charge is 2.40. The SMILES string of the molecule is C[C@@H](/C=C/[C@H]1OC[C@@H](c2ccccc2)N1C(=O)OC(C)(C)C)CO[Si](C)(C)C(C)(C)C. The van der Waals surface area contributed by atoms with E-state index in [4.69, 9.17) is 13.9 Å². The van der Waals surface area contributed by atoms with Gasteiger partial charge in [-0.1, -0.05) is 64.1 Å². The molecule has 2 rings (SSSR count). The third-order valence-corrected chi connectivity index (χ3v) is 10.4. The van der Waals surface area contributed by atoms with Crippen molar-refractivity contribution in [2.45, 2.75) is 84.5 Å². The molecular weight excluding hydrogens is 406 g/mol.